The molecule has 1 amide bonds. The summed E-state index contributed by atoms with van der Waals surface area (Å²) in [6, 6.07) is 2.99. The highest BCUT2D eigenvalue weighted by atomic mass is 32.2. The first-order valence-corrected chi connectivity index (χ1v) is 8.16. The minimum absolute atomic E-state index is 0.103. The average Bonchev–Trinajstić information content (AvgIpc) is 2.37. The number of anilines is 1. The molecule has 0 heterocycles. The number of nitrogens with one attached hydrogen (secondary N) is 2. The minimum Gasteiger partial charge on any atom is -0.480 e. The summed E-state index contributed by atoms with van der Waals surface area (Å²) in [6.07, 6.45) is 0. The van der Waals surface area contributed by atoms with E-state index >= 15 is 0 Å². The molecule has 1 aromatic rings. The number of aryl methyl sites for hydroxylation is 1. The van der Waals surface area contributed by atoms with Crippen LogP contribution < -0.4 is 10.0 Å². The van der Waals surface area contributed by atoms with Gasteiger partial charge in [-0.25, -0.2) is 8.42 Å². The summed E-state index contributed by atoms with van der Waals surface area (Å²) in [5.41, 5.74) is 1.07. The van der Waals surface area contributed by atoms with Crippen molar-refractivity contribution in [1.82, 2.24) is 4.72 Å². The lowest BCUT2D eigenvalue weighted by Crippen LogP contribution is -2.44. The van der Waals surface area contributed by atoms with E-state index in [1.165, 1.54) is 19.1 Å². The SMILES string of the molecule is CC(=O)Nc1cc(S(=O)(=O)N[C@H](C(=O)O)C(C)C)ccc1C. The highest BCUT2D eigenvalue weighted by Gasteiger charge is 2.28. The first-order chi connectivity index (χ1) is 10.0. The van der Waals surface area contributed by atoms with Gasteiger partial charge in [-0.1, -0.05) is 19.9 Å². The van der Waals surface area contributed by atoms with E-state index in [1.807, 2.05) is 0 Å². The van der Waals surface area contributed by atoms with Crippen LogP contribution in [0.5, 0.6) is 0 Å². The van der Waals surface area contributed by atoms with Crippen LogP contribution in [0.2, 0.25) is 0 Å². The zero-order valence-electron chi connectivity index (χ0n) is 12.9. The Morgan fingerprint density at radius 1 is 1.23 bits per heavy atom. The van der Waals surface area contributed by atoms with Crippen molar-refractivity contribution in [3.63, 3.8) is 0 Å². The monoisotopic (exact) mass is 328 g/mol. The van der Waals surface area contributed by atoms with Crippen molar-refractivity contribution < 1.29 is 23.1 Å². The third-order valence-electron chi connectivity index (χ3n) is 3.04. The number of carboxylic acids is 1. The number of carboxylic acid groups (broad SMARTS) is 1. The number of amides is 1. The molecule has 1 aromatic carbocycles. The number of carbonyl (C=O) groups excluding carboxylic acids is 1. The normalized spacial score (nSPS) is 13.0. The molecular weight excluding hydrogens is 308 g/mol. The van der Waals surface area contributed by atoms with E-state index in [0.717, 1.165) is 0 Å². The second-order valence-electron chi connectivity index (χ2n) is 5.34. The van der Waals surface area contributed by atoms with Crippen molar-refractivity contribution in [3.8, 4) is 0 Å². The highest BCUT2D eigenvalue weighted by molar-refractivity contribution is 7.89. The van der Waals surface area contributed by atoms with Crippen LogP contribution in [-0.2, 0) is 19.6 Å². The minimum atomic E-state index is -4.01. The summed E-state index contributed by atoms with van der Waals surface area (Å²) < 4.78 is 26.8. The molecule has 122 valence electrons. The smallest absolute Gasteiger partial charge is 0.322 e. The predicted octanol–water partition coefficient (Wildman–Crippen LogP) is 1.34. The summed E-state index contributed by atoms with van der Waals surface area (Å²) in [7, 11) is -4.01. The van der Waals surface area contributed by atoms with Gasteiger partial charge in [-0.2, -0.15) is 4.72 Å². The van der Waals surface area contributed by atoms with Gasteiger partial charge in [0.2, 0.25) is 15.9 Å². The molecule has 0 spiro atoms. The van der Waals surface area contributed by atoms with Crippen molar-refractivity contribution in [3.05, 3.63) is 23.8 Å². The van der Waals surface area contributed by atoms with Crippen LogP contribution in [0.25, 0.3) is 0 Å². The van der Waals surface area contributed by atoms with Gasteiger partial charge in [0.25, 0.3) is 0 Å². The number of hydrogen-bond acceptors (Lipinski definition) is 4. The molecule has 8 heteroatoms. The van der Waals surface area contributed by atoms with Crippen molar-refractivity contribution in [2.45, 2.75) is 38.6 Å². The molecule has 0 aliphatic heterocycles. The van der Waals surface area contributed by atoms with Gasteiger partial charge in [0.15, 0.2) is 0 Å². The Balaban J connectivity index is 3.17. The van der Waals surface area contributed by atoms with E-state index < -0.39 is 28.0 Å². The lowest BCUT2D eigenvalue weighted by molar-refractivity contribution is -0.140. The van der Waals surface area contributed by atoms with Crippen LogP contribution in [0.15, 0.2) is 23.1 Å². The van der Waals surface area contributed by atoms with E-state index in [0.29, 0.717) is 11.3 Å². The van der Waals surface area contributed by atoms with Gasteiger partial charge < -0.3 is 10.4 Å². The molecule has 0 aliphatic carbocycles. The standard InChI is InChI=1S/C14H20N2O5S/c1-8(2)13(14(18)19)16-22(20,21)11-6-5-9(3)12(7-11)15-10(4)17/h5-8,13,16H,1-4H3,(H,15,17)(H,18,19)/t13-/m0/s1. The van der Waals surface area contributed by atoms with Gasteiger partial charge in [0.1, 0.15) is 6.04 Å². The Morgan fingerprint density at radius 3 is 2.27 bits per heavy atom. The maximum atomic E-state index is 12.3. The van der Waals surface area contributed by atoms with E-state index in [-0.39, 0.29) is 10.8 Å². The van der Waals surface area contributed by atoms with E-state index in [1.54, 1.807) is 26.8 Å². The van der Waals surface area contributed by atoms with Gasteiger partial charge >= 0.3 is 5.97 Å². The second-order valence-corrected chi connectivity index (χ2v) is 7.05. The molecule has 0 aromatic heterocycles. The first kappa shape index (κ1) is 18.1. The summed E-state index contributed by atoms with van der Waals surface area (Å²) in [5.74, 6) is -1.98. The maximum Gasteiger partial charge on any atom is 0.322 e. The largest absolute Gasteiger partial charge is 0.480 e. The molecule has 0 saturated heterocycles. The van der Waals surface area contributed by atoms with Crippen molar-refractivity contribution in [2.75, 3.05) is 5.32 Å². The van der Waals surface area contributed by atoms with Crippen LogP contribution >= 0.6 is 0 Å². The Morgan fingerprint density at radius 2 is 1.82 bits per heavy atom. The molecule has 3 N–H and O–H groups in total. The van der Waals surface area contributed by atoms with E-state index in [9.17, 15) is 18.0 Å². The van der Waals surface area contributed by atoms with Crippen LogP contribution in [-0.4, -0.2) is 31.4 Å². The molecule has 0 unspecified atom stereocenters. The van der Waals surface area contributed by atoms with E-state index in [4.69, 9.17) is 5.11 Å². The lowest BCUT2D eigenvalue weighted by Gasteiger charge is -2.18. The topological polar surface area (TPSA) is 113 Å². The summed E-state index contributed by atoms with van der Waals surface area (Å²) in [5, 5.41) is 11.6. The van der Waals surface area contributed by atoms with Gasteiger partial charge in [-0.05, 0) is 30.5 Å². The Hall–Kier alpha value is -1.93. The number of aliphatic carboxylic acids is 1. The molecule has 0 saturated carbocycles. The van der Waals surface area contributed by atoms with Crippen molar-refractivity contribution in [1.29, 1.82) is 0 Å². The third kappa shape index (κ3) is 4.54. The number of carbonyl (C=O) groups is 2. The molecule has 0 aliphatic rings. The lowest BCUT2D eigenvalue weighted by atomic mass is 10.1. The summed E-state index contributed by atoms with van der Waals surface area (Å²) in [6.45, 7) is 6.26. The van der Waals surface area contributed by atoms with Gasteiger partial charge in [0.05, 0.1) is 4.90 Å². The van der Waals surface area contributed by atoms with Crippen LogP contribution in [0.1, 0.15) is 26.3 Å². The fourth-order valence-electron chi connectivity index (χ4n) is 1.80. The molecule has 0 fully saturated rings. The average molecular weight is 328 g/mol. The van der Waals surface area contributed by atoms with Crippen molar-refractivity contribution in [2.24, 2.45) is 5.92 Å². The Labute approximate surface area is 129 Å². The van der Waals surface area contributed by atoms with Gasteiger partial charge in [-0.15, -0.1) is 0 Å². The molecule has 1 rings (SSSR count). The zero-order chi connectivity index (χ0) is 17.1. The van der Waals surface area contributed by atoms with Crippen LogP contribution in [0.3, 0.4) is 0 Å². The number of rotatable bonds is 6. The molecule has 1 atom stereocenters. The number of benzene rings is 1. The van der Waals surface area contributed by atoms with Crippen LogP contribution in [0, 0.1) is 12.8 Å². The zero-order valence-corrected chi connectivity index (χ0v) is 13.7. The predicted molar refractivity (Wildman–Crippen MR) is 82.1 cm³/mol. The first-order valence-electron chi connectivity index (χ1n) is 6.68. The quantitative estimate of drug-likeness (QED) is 0.729. The Kier molecular flexibility index (Phi) is 5.67. The molecular formula is C14H20N2O5S. The fourth-order valence-corrected chi connectivity index (χ4v) is 3.16. The fraction of sp³-hybridized carbons (Fsp3) is 0.429. The van der Waals surface area contributed by atoms with Gasteiger partial charge in [-0.3, -0.25) is 9.59 Å². The molecule has 7 nitrogen and oxygen atoms in total. The molecule has 22 heavy (non-hydrogen) atoms. The van der Waals surface area contributed by atoms with Gasteiger partial charge in [0, 0.05) is 12.6 Å². The molecule has 0 radical (unpaired) electrons. The summed E-state index contributed by atoms with van der Waals surface area (Å²) >= 11 is 0. The van der Waals surface area contributed by atoms with E-state index in [2.05, 4.69) is 10.0 Å². The number of sulfonamides is 1. The number of hydrogen-bond donors (Lipinski definition) is 3. The Bertz CT molecular complexity index is 682. The van der Waals surface area contributed by atoms with Crippen LogP contribution in [0.4, 0.5) is 5.69 Å². The third-order valence-corrected chi connectivity index (χ3v) is 4.48. The van der Waals surface area contributed by atoms with Crippen molar-refractivity contribution >= 4 is 27.6 Å². The maximum absolute atomic E-state index is 12.3. The highest BCUT2D eigenvalue weighted by Crippen LogP contribution is 2.21. The summed E-state index contributed by atoms with van der Waals surface area (Å²) in [4.78, 5) is 22.2. The second kappa shape index (κ2) is 6.89. The molecule has 0 bridgehead atoms.